The fraction of sp³-hybridized carbons (Fsp3) is 0.412. The smallest absolute Gasteiger partial charge is 0.354 e. The average Bonchev–Trinajstić information content (AvgIpc) is 2.46. The van der Waals surface area contributed by atoms with Gasteiger partial charge in [0.1, 0.15) is 0 Å². The van der Waals surface area contributed by atoms with E-state index in [-0.39, 0.29) is 5.69 Å². The van der Waals surface area contributed by atoms with Crippen LogP contribution in [0.15, 0.2) is 30.3 Å². The van der Waals surface area contributed by atoms with E-state index in [1.54, 1.807) is 6.07 Å². The molecular weight excluding hydrogens is 264 g/mol. The van der Waals surface area contributed by atoms with Crippen LogP contribution in [0.1, 0.15) is 43.6 Å². The summed E-state index contributed by atoms with van der Waals surface area (Å²) < 4.78 is 0. The van der Waals surface area contributed by atoms with Gasteiger partial charge < -0.3 is 10.0 Å². The van der Waals surface area contributed by atoms with Gasteiger partial charge in [0.2, 0.25) is 0 Å². The van der Waals surface area contributed by atoms with Gasteiger partial charge in [-0.3, -0.25) is 0 Å². The molecule has 0 aliphatic carbocycles. The Bertz CT molecular complexity index is 674. The first-order valence-corrected chi connectivity index (χ1v) is 7.49. The number of pyridine rings is 1. The number of anilines is 1. The fourth-order valence-corrected chi connectivity index (χ4v) is 3.38. The van der Waals surface area contributed by atoms with E-state index in [9.17, 15) is 9.90 Å². The van der Waals surface area contributed by atoms with Gasteiger partial charge in [-0.1, -0.05) is 18.2 Å². The van der Waals surface area contributed by atoms with Crippen molar-refractivity contribution >= 4 is 22.6 Å². The maximum absolute atomic E-state index is 11.4. The van der Waals surface area contributed by atoms with E-state index in [1.165, 1.54) is 6.42 Å². The predicted molar refractivity (Wildman–Crippen MR) is 84.0 cm³/mol. The Morgan fingerprint density at radius 3 is 2.57 bits per heavy atom. The number of carboxylic acid groups (broad SMARTS) is 1. The molecule has 3 rings (SSSR count). The Kier molecular flexibility index (Phi) is 3.53. The molecule has 1 aliphatic heterocycles. The van der Waals surface area contributed by atoms with Gasteiger partial charge in [-0.05, 0) is 45.2 Å². The first kappa shape index (κ1) is 13.9. The predicted octanol–water partition coefficient (Wildman–Crippen LogP) is 3.70. The van der Waals surface area contributed by atoms with E-state index in [0.717, 1.165) is 29.4 Å². The lowest BCUT2D eigenvalue weighted by Gasteiger charge is -2.41. The van der Waals surface area contributed by atoms with Gasteiger partial charge in [-0.2, -0.15) is 0 Å². The molecule has 2 atom stereocenters. The van der Waals surface area contributed by atoms with Crippen LogP contribution in [-0.2, 0) is 0 Å². The number of aromatic nitrogens is 1. The molecule has 1 aromatic heterocycles. The van der Waals surface area contributed by atoms with E-state index >= 15 is 0 Å². The van der Waals surface area contributed by atoms with Crippen LogP contribution >= 0.6 is 0 Å². The number of fused-ring (bicyclic) bond motifs is 1. The summed E-state index contributed by atoms with van der Waals surface area (Å²) in [6.45, 7) is 4.43. The van der Waals surface area contributed by atoms with E-state index in [4.69, 9.17) is 0 Å². The molecule has 0 bridgehead atoms. The minimum absolute atomic E-state index is 0.119. The third-order valence-electron chi connectivity index (χ3n) is 4.39. The summed E-state index contributed by atoms with van der Waals surface area (Å²) in [4.78, 5) is 18.0. The summed E-state index contributed by atoms with van der Waals surface area (Å²) >= 11 is 0. The molecule has 2 heterocycles. The average molecular weight is 284 g/mol. The van der Waals surface area contributed by atoms with Gasteiger partial charge in [0.15, 0.2) is 5.69 Å². The SMILES string of the molecule is C[C@@H]1CCC[C@H](C)N1c1cc(C(=O)O)nc2ccccc12. The second-order valence-corrected chi connectivity index (χ2v) is 5.89. The lowest BCUT2D eigenvalue weighted by atomic mass is 9.95. The van der Waals surface area contributed by atoms with Crippen molar-refractivity contribution in [2.24, 2.45) is 0 Å². The van der Waals surface area contributed by atoms with Crippen LogP contribution in [0.4, 0.5) is 5.69 Å². The van der Waals surface area contributed by atoms with Crippen molar-refractivity contribution < 1.29 is 9.90 Å². The Balaban J connectivity index is 2.21. The molecular formula is C17H20N2O2. The maximum Gasteiger partial charge on any atom is 0.354 e. The lowest BCUT2D eigenvalue weighted by molar-refractivity contribution is 0.0691. The monoisotopic (exact) mass is 284 g/mol. The van der Waals surface area contributed by atoms with E-state index < -0.39 is 5.97 Å². The number of carbonyl (C=O) groups is 1. The fourth-order valence-electron chi connectivity index (χ4n) is 3.38. The molecule has 0 saturated carbocycles. The molecule has 110 valence electrons. The van der Waals surface area contributed by atoms with Crippen LogP contribution < -0.4 is 4.90 Å². The lowest BCUT2D eigenvalue weighted by Crippen LogP contribution is -2.44. The molecule has 1 aromatic carbocycles. The first-order valence-electron chi connectivity index (χ1n) is 7.49. The molecule has 4 heteroatoms. The highest BCUT2D eigenvalue weighted by molar-refractivity contribution is 5.97. The minimum Gasteiger partial charge on any atom is -0.477 e. The molecule has 21 heavy (non-hydrogen) atoms. The quantitative estimate of drug-likeness (QED) is 0.913. The van der Waals surface area contributed by atoms with Crippen molar-refractivity contribution in [2.75, 3.05) is 4.90 Å². The van der Waals surface area contributed by atoms with Crippen LogP contribution in [0.3, 0.4) is 0 Å². The number of piperidine rings is 1. The van der Waals surface area contributed by atoms with Crippen LogP contribution in [0.25, 0.3) is 10.9 Å². The summed E-state index contributed by atoms with van der Waals surface area (Å²) in [5, 5.41) is 10.3. The maximum atomic E-state index is 11.4. The van der Waals surface area contributed by atoms with Gasteiger partial charge >= 0.3 is 5.97 Å². The number of para-hydroxylation sites is 1. The highest BCUT2D eigenvalue weighted by atomic mass is 16.4. The topological polar surface area (TPSA) is 53.4 Å². The second-order valence-electron chi connectivity index (χ2n) is 5.89. The second kappa shape index (κ2) is 5.35. The summed E-state index contributed by atoms with van der Waals surface area (Å²) in [6.07, 6.45) is 3.51. The molecule has 0 amide bonds. The molecule has 1 aliphatic rings. The van der Waals surface area contributed by atoms with Crippen molar-refractivity contribution in [1.29, 1.82) is 0 Å². The minimum atomic E-state index is -0.973. The normalized spacial score (nSPS) is 22.5. The Labute approximate surface area is 124 Å². The summed E-state index contributed by atoms with van der Waals surface area (Å²) in [7, 11) is 0. The highest BCUT2D eigenvalue weighted by Gasteiger charge is 2.27. The van der Waals surface area contributed by atoms with Crippen LogP contribution in [0.5, 0.6) is 0 Å². The van der Waals surface area contributed by atoms with E-state index in [2.05, 4.69) is 23.7 Å². The Hall–Kier alpha value is -2.10. The molecule has 1 fully saturated rings. The van der Waals surface area contributed by atoms with E-state index in [0.29, 0.717) is 12.1 Å². The summed E-state index contributed by atoms with van der Waals surface area (Å²) in [5.41, 5.74) is 1.86. The zero-order chi connectivity index (χ0) is 15.0. The van der Waals surface area contributed by atoms with Gasteiger partial charge in [-0.25, -0.2) is 9.78 Å². The van der Waals surface area contributed by atoms with Crippen LogP contribution in [0, 0.1) is 0 Å². The zero-order valence-electron chi connectivity index (χ0n) is 12.4. The molecule has 2 aromatic rings. The molecule has 0 spiro atoms. The van der Waals surface area contributed by atoms with Gasteiger partial charge in [0.25, 0.3) is 0 Å². The molecule has 4 nitrogen and oxygen atoms in total. The summed E-state index contributed by atoms with van der Waals surface area (Å²) in [5.74, 6) is -0.973. The Morgan fingerprint density at radius 1 is 1.24 bits per heavy atom. The summed E-state index contributed by atoms with van der Waals surface area (Å²) in [6, 6.07) is 10.3. The third-order valence-corrected chi connectivity index (χ3v) is 4.39. The first-order chi connectivity index (χ1) is 10.1. The number of hydrogen-bond acceptors (Lipinski definition) is 3. The standard InChI is InChI=1S/C17H20N2O2/c1-11-6-5-7-12(2)19(11)16-10-15(17(20)21)18-14-9-4-3-8-13(14)16/h3-4,8-12H,5-7H2,1-2H3,(H,20,21)/t11-,12+. The van der Waals surface area contributed by atoms with Crippen molar-refractivity contribution in [3.8, 4) is 0 Å². The third kappa shape index (κ3) is 2.46. The number of nitrogens with zero attached hydrogens (tertiary/aromatic N) is 2. The van der Waals surface area contributed by atoms with Crippen molar-refractivity contribution in [1.82, 2.24) is 4.98 Å². The van der Waals surface area contributed by atoms with Crippen molar-refractivity contribution in [3.05, 3.63) is 36.0 Å². The van der Waals surface area contributed by atoms with Gasteiger partial charge in [0, 0.05) is 23.2 Å². The largest absolute Gasteiger partial charge is 0.477 e. The van der Waals surface area contributed by atoms with Crippen LogP contribution in [0.2, 0.25) is 0 Å². The van der Waals surface area contributed by atoms with Crippen LogP contribution in [-0.4, -0.2) is 28.1 Å². The zero-order valence-corrected chi connectivity index (χ0v) is 12.4. The molecule has 1 N–H and O–H groups in total. The van der Waals surface area contributed by atoms with Gasteiger partial charge in [-0.15, -0.1) is 0 Å². The molecule has 0 radical (unpaired) electrons. The van der Waals surface area contributed by atoms with E-state index in [1.807, 2.05) is 24.3 Å². The molecule has 0 unspecified atom stereocenters. The number of carboxylic acids is 1. The number of rotatable bonds is 2. The number of benzene rings is 1. The van der Waals surface area contributed by atoms with Crippen molar-refractivity contribution in [2.45, 2.75) is 45.2 Å². The number of hydrogen-bond donors (Lipinski definition) is 1. The Morgan fingerprint density at radius 2 is 1.90 bits per heavy atom. The highest BCUT2D eigenvalue weighted by Crippen LogP contribution is 2.34. The molecule has 1 saturated heterocycles. The van der Waals surface area contributed by atoms with Gasteiger partial charge in [0.05, 0.1) is 5.52 Å². The number of aromatic carboxylic acids is 1. The van der Waals surface area contributed by atoms with Crippen molar-refractivity contribution in [3.63, 3.8) is 0 Å².